The van der Waals surface area contributed by atoms with E-state index in [2.05, 4.69) is 51.4 Å². The standard InChI is InChI=1S/C9H13N.C8H16/c1-7(2)9-5-4-8(3)6-10-9;1-3-5-7-8-6-4-2/h4-7H,1-3H3;3H,1,4-8H2,2H3. The van der Waals surface area contributed by atoms with Crippen LogP contribution in [-0.4, -0.2) is 4.98 Å². The Hall–Kier alpha value is -1.11. The lowest BCUT2D eigenvalue weighted by atomic mass is 10.1. The topological polar surface area (TPSA) is 12.9 Å². The Balaban J connectivity index is 0.000000331. The molecule has 0 spiro atoms. The average molecular weight is 247 g/mol. The first kappa shape index (κ1) is 16.9. The van der Waals surface area contributed by atoms with Crippen molar-refractivity contribution < 1.29 is 0 Å². The third-order valence-corrected chi connectivity index (χ3v) is 2.79. The van der Waals surface area contributed by atoms with E-state index >= 15 is 0 Å². The van der Waals surface area contributed by atoms with Crippen molar-refractivity contribution in [3.8, 4) is 0 Å². The van der Waals surface area contributed by atoms with E-state index in [0.717, 1.165) is 0 Å². The molecule has 0 aliphatic rings. The van der Waals surface area contributed by atoms with Gasteiger partial charge in [-0.3, -0.25) is 4.98 Å². The van der Waals surface area contributed by atoms with Gasteiger partial charge in [0.1, 0.15) is 0 Å². The number of rotatable bonds is 6. The van der Waals surface area contributed by atoms with Gasteiger partial charge in [-0.2, -0.15) is 0 Å². The van der Waals surface area contributed by atoms with Crippen LogP contribution in [0.5, 0.6) is 0 Å². The quantitative estimate of drug-likeness (QED) is 0.467. The van der Waals surface area contributed by atoms with E-state index in [-0.39, 0.29) is 0 Å². The van der Waals surface area contributed by atoms with E-state index in [1.165, 1.54) is 43.4 Å². The molecular formula is C17H29N. The molecule has 0 N–H and O–H groups in total. The Morgan fingerprint density at radius 3 is 2.39 bits per heavy atom. The smallest absolute Gasteiger partial charge is 0.0429 e. The molecule has 1 aromatic heterocycles. The second kappa shape index (κ2) is 11.0. The molecule has 1 rings (SSSR count). The van der Waals surface area contributed by atoms with Crippen LogP contribution in [-0.2, 0) is 0 Å². The van der Waals surface area contributed by atoms with Gasteiger partial charge in [0.05, 0.1) is 0 Å². The van der Waals surface area contributed by atoms with Crippen LogP contribution in [0.4, 0.5) is 0 Å². The fourth-order valence-electron chi connectivity index (χ4n) is 1.54. The number of aromatic nitrogens is 1. The first-order valence-corrected chi connectivity index (χ1v) is 7.15. The van der Waals surface area contributed by atoms with Crippen LogP contribution in [0.25, 0.3) is 0 Å². The Morgan fingerprint density at radius 2 is 1.94 bits per heavy atom. The van der Waals surface area contributed by atoms with Crippen LogP contribution in [0.1, 0.15) is 70.1 Å². The Labute approximate surface area is 113 Å². The molecule has 0 aliphatic heterocycles. The molecule has 1 aromatic rings. The summed E-state index contributed by atoms with van der Waals surface area (Å²) in [6, 6.07) is 4.18. The minimum absolute atomic E-state index is 0.542. The second-order valence-electron chi connectivity index (χ2n) is 5.05. The lowest BCUT2D eigenvalue weighted by molar-refractivity contribution is 0.675. The highest BCUT2D eigenvalue weighted by molar-refractivity contribution is 5.14. The number of allylic oxidation sites excluding steroid dienone is 1. The maximum absolute atomic E-state index is 4.28. The van der Waals surface area contributed by atoms with Crippen molar-refractivity contribution in [2.45, 2.75) is 65.7 Å². The van der Waals surface area contributed by atoms with Gasteiger partial charge in [0, 0.05) is 11.9 Å². The summed E-state index contributed by atoms with van der Waals surface area (Å²) >= 11 is 0. The van der Waals surface area contributed by atoms with Crippen LogP contribution in [0.2, 0.25) is 0 Å². The molecule has 0 amide bonds. The van der Waals surface area contributed by atoms with Crippen molar-refractivity contribution in [2.24, 2.45) is 0 Å². The third-order valence-electron chi connectivity index (χ3n) is 2.79. The average Bonchev–Trinajstić information content (AvgIpc) is 2.36. The molecule has 1 heteroatoms. The van der Waals surface area contributed by atoms with E-state index in [4.69, 9.17) is 0 Å². The molecule has 1 heterocycles. The molecule has 18 heavy (non-hydrogen) atoms. The number of aryl methyl sites for hydroxylation is 1. The normalized spacial score (nSPS) is 9.83. The predicted molar refractivity (Wildman–Crippen MR) is 82.0 cm³/mol. The molecule has 0 saturated heterocycles. The van der Waals surface area contributed by atoms with E-state index in [1.54, 1.807) is 0 Å². The molecule has 0 aromatic carbocycles. The van der Waals surface area contributed by atoms with Crippen LogP contribution in [0.3, 0.4) is 0 Å². The minimum atomic E-state index is 0.542. The highest BCUT2D eigenvalue weighted by Crippen LogP contribution is 2.10. The van der Waals surface area contributed by atoms with E-state index in [1.807, 2.05) is 12.3 Å². The maximum atomic E-state index is 4.28. The Kier molecular flexibility index (Phi) is 10.3. The lowest BCUT2D eigenvalue weighted by Crippen LogP contribution is -1.90. The first-order chi connectivity index (χ1) is 8.61. The molecule has 0 atom stereocenters. The highest BCUT2D eigenvalue weighted by Gasteiger charge is 1.97. The molecule has 102 valence electrons. The van der Waals surface area contributed by atoms with Gasteiger partial charge in [-0.25, -0.2) is 0 Å². The lowest BCUT2D eigenvalue weighted by Gasteiger charge is -2.02. The van der Waals surface area contributed by atoms with Crippen molar-refractivity contribution in [1.29, 1.82) is 0 Å². The van der Waals surface area contributed by atoms with E-state index < -0.39 is 0 Å². The first-order valence-electron chi connectivity index (χ1n) is 7.15. The fraction of sp³-hybridized carbons (Fsp3) is 0.588. The molecule has 0 fully saturated rings. The number of pyridine rings is 1. The molecule has 0 saturated carbocycles. The third kappa shape index (κ3) is 8.98. The second-order valence-corrected chi connectivity index (χ2v) is 5.05. The zero-order valence-electron chi connectivity index (χ0n) is 12.6. The van der Waals surface area contributed by atoms with Crippen LogP contribution in [0, 0.1) is 6.92 Å². The van der Waals surface area contributed by atoms with E-state index in [0.29, 0.717) is 5.92 Å². The maximum Gasteiger partial charge on any atom is 0.0429 e. The van der Waals surface area contributed by atoms with Gasteiger partial charge in [0.25, 0.3) is 0 Å². The Morgan fingerprint density at radius 1 is 1.22 bits per heavy atom. The van der Waals surface area contributed by atoms with Crippen molar-refractivity contribution in [3.63, 3.8) is 0 Å². The summed E-state index contributed by atoms with van der Waals surface area (Å²) in [6.07, 6.45) is 10.5. The summed E-state index contributed by atoms with van der Waals surface area (Å²) in [5.74, 6) is 0.542. The Bertz CT molecular complexity index is 298. The van der Waals surface area contributed by atoms with Crippen molar-refractivity contribution in [1.82, 2.24) is 4.98 Å². The molecule has 1 nitrogen and oxygen atoms in total. The summed E-state index contributed by atoms with van der Waals surface area (Å²) in [4.78, 5) is 4.28. The van der Waals surface area contributed by atoms with Crippen LogP contribution in [0.15, 0.2) is 31.0 Å². The van der Waals surface area contributed by atoms with Gasteiger partial charge < -0.3 is 0 Å². The van der Waals surface area contributed by atoms with Crippen molar-refractivity contribution in [3.05, 3.63) is 42.2 Å². The number of unbranched alkanes of at least 4 members (excludes halogenated alkanes) is 4. The van der Waals surface area contributed by atoms with Crippen LogP contribution < -0.4 is 0 Å². The van der Waals surface area contributed by atoms with Gasteiger partial charge in [-0.15, -0.1) is 6.58 Å². The molecular weight excluding hydrogens is 218 g/mol. The van der Waals surface area contributed by atoms with Crippen molar-refractivity contribution >= 4 is 0 Å². The highest BCUT2D eigenvalue weighted by atomic mass is 14.7. The molecule has 0 radical (unpaired) electrons. The van der Waals surface area contributed by atoms with Gasteiger partial charge in [-0.1, -0.05) is 52.2 Å². The summed E-state index contributed by atoms with van der Waals surface area (Å²) in [7, 11) is 0. The predicted octanol–water partition coefficient (Wildman–Crippen LogP) is 5.66. The zero-order valence-corrected chi connectivity index (χ0v) is 12.6. The summed E-state index contributed by atoms with van der Waals surface area (Å²) in [6.45, 7) is 12.2. The monoisotopic (exact) mass is 247 g/mol. The van der Waals surface area contributed by atoms with Gasteiger partial charge >= 0.3 is 0 Å². The fourth-order valence-corrected chi connectivity index (χ4v) is 1.54. The van der Waals surface area contributed by atoms with Crippen LogP contribution >= 0.6 is 0 Å². The summed E-state index contributed by atoms with van der Waals surface area (Å²) in [5, 5.41) is 0. The van der Waals surface area contributed by atoms with E-state index in [9.17, 15) is 0 Å². The number of nitrogens with zero attached hydrogens (tertiary/aromatic N) is 1. The molecule has 0 bridgehead atoms. The number of hydrogen-bond donors (Lipinski definition) is 0. The summed E-state index contributed by atoms with van der Waals surface area (Å²) in [5.41, 5.74) is 2.40. The van der Waals surface area contributed by atoms with Gasteiger partial charge in [0.2, 0.25) is 0 Å². The van der Waals surface area contributed by atoms with Gasteiger partial charge in [-0.05, 0) is 37.3 Å². The largest absolute Gasteiger partial charge is 0.261 e. The minimum Gasteiger partial charge on any atom is -0.261 e. The zero-order chi connectivity index (χ0) is 13.8. The SMILES string of the molecule is C=CCCCCCC.Cc1ccc(C(C)C)nc1. The molecule has 0 aliphatic carbocycles. The van der Waals surface area contributed by atoms with Crippen molar-refractivity contribution in [2.75, 3.05) is 0 Å². The van der Waals surface area contributed by atoms with Gasteiger partial charge in [0.15, 0.2) is 0 Å². The molecule has 0 unspecified atom stereocenters. The summed E-state index contributed by atoms with van der Waals surface area (Å²) < 4.78 is 0. The number of hydrogen-bond acceptors (Lipinski definition) is 1.